The van der Waals surface area contributed by atoms with Gasteiger partial charge in [-0.1, -0.05) is 23.7 Å². The number of aliphatic hydroxyl groups excluding tert-OH is 1. The van der Waals surface area contributed by atoms with Crippen molar-refractivity contribution in [1.29, 1.82) is 0 Å². The molecule has 8 heteroatoms. The van der Waals surface area contributed by atoms with Crippen LogP contribution in [0.1, 0.15) is 31.0 Å². The molecule has 180 valence electrons. The number of rotatable bonds is 7. The van der Waals surface area contributed by atoms with Crippen LogP contribution in [0.3, 0.4) is 0 Å². The van der Waals surface area contributed by atoms with E-state index in [4.69, 9.17) is 21.1 Å². The number of benzene rings is 2. The van der Waals surface area contributed by atoms with Gasteiger partial charge in [-0.15, -0.1) is 0 Å². The second-order valence-electron chi connectivity index (χ2n) is 8.69. The van der Waals surface area contributed by atoms with Crippen LogP contribution in [0.4, 0.5) is 0 Å². The molecule has 2 saturated heterocycles. The van der Waals surface area contributed by atoms with Crippen LogP contribution in [0.5, 0.6) is 5.75 Å². The van der Waals surface area contributed by atoms with Crippen molar-refractivity contribution in [3.05, 3.63) is 70.3 Å². The number of Topliss-reactive ketones (excluding diaryl/α,β-unsaturated/α-hetero) is 1. The number of likely N-dealkylation sites (tertiary alicyclic amines) is 1. The molecule has 7 nitrogen and oxygen atoms in total. The molecule has 1 atom stereocenters. The van der Waals surface area contributed by atoms with Crippen LogP contribution in [0.15, 0.2) is 54.1 Å². The number of halogens is 1. The molecule has 2 aliphatic heterocycles. The molecule has 2 heterocycles. The van der Waals surface area contributed by atoms with Gasteiger partial charge in [-0.05, 0) is 55.8 Å². The third kappa shape index (κ3) is 5.27. The molecule has 0 radical (unpaired) electrons. The monoisotopic (exact) mass is 484 g/mol. The lowest BCUT2D eigenvalue weighted by atomic mass is 9.95. The summed E-state index contributed by atoms with van der Waals surface area (Å²) in [6.45, 7) is 7.68. The highest BCUT2D eigenvalue weighted by molar-refractivity contribution is 6.46. The normalized spacial score (nSPS) is 20.8. The Bertz CT molecular complexity index is 1060. The van der Waals surface area contributed by atoms with Crippen LogP contribution >= 0.6 is 11.6 Å². The van der Waals surface area contributed by atoms with E-state index in [1.807, 2.05) is 13.8 Å². The van der Waals surface area contributed by atoms with Crippen molar-refractivity contribution in [2.24, 2.45) is 0 Å². The van der Waals surface area contributed by atoms with Gasteiger partial charge >= 0.3 is 0 Å². The van der Waals surface area contributed by atoms with E-state index in [-0.39, 0.29) is 17.4 Å². The van der Waals surface area contributed by atoms with Gasteiger partial charge in [0.2, 0.25) is 0 Å². The fourth-order valence-electron chi connectivity index (χ4n) is 4.30. The first-order valence-electron chi connectivity index (χ1n) is 11.5. The third-order valence-corrected chi connectivity index (χ3v) is 6.24. The molecule has 0 aromatic heterocycles. The predicted molar refractivity (Wildman–Crippen MR) is 130 cm³/mol. The highest BCUT2D eigenvalue weighted by atomic mass is 35.5. The van der Waals surface area contributed by atoms with E-state index in [0.29, 0.717) is 48.2 Å². The zero-order valence-corrected chi connectivity index (χ0v) is 20.1. The van der Waals surface area contributed by atoms with Crippen LogP contribution in [-0.4, -0.2) is 72.1 Å². The van der Waals surface area contributed by atoms with Crippen LogP contribution in [0.25, 0.3) is 5.76 Å². The topological polar surface area (TPSA) is 79.3 Å². The molecule has 1 N–H and O–H groups in total. The van der Waals surface area contributed by atoms with Crippen molar-refractivity contribution in [3.63, 3.8) is 0 Å². The van der Waals surface area contributed by atoms with Crippen molar-refractivity contribution in [2.45, 2.75) is 26.0 Å². The summed E-state index contributed by atoms with van der Waals surface area (Å²) >= 11 is 6.08. The van der Waals surface area contributed by atoms with Gasteiger partial charge in [0.1, 0.15) is 11.5 Å². The summed E-state index contributed by atoms with van der Waals surface area (Å²) in [4.78, 5) is 30.0. The number of aliphatic hydroxyl groups is 1. The Kier molecular flexibility index (Phi) is 7.56. The third-order valence-electron chi connectivity index (χ3n) is 5.99. The molecule has 1 amide bonds. The number of amides is 1. The van der Waals surface area contributed by atoms with Crippen molar-refractivity contribution in [2.75, 3.05) is 39.4 Å². The minimum atomic E-state index is -0.704. The van der Waals surface area contributed by atoms with Gasteiger partial charge in [0.15, 0.2) is 0 Å². The van der Waals surface area contributed by atoms with Crippen molar-refractivity contribution in [1.82, 2.24) is 9.80 Å². The first-order chi connectivity index (χ1) is 16.3. The Hall–Kier alpha value is -2.87. The molecule has 0 saturated carbocycles. The zero-order valence-electron chi connectivity index (χ0n) is 19.4. The second kappa shape index (κ2) is 10.6. The van der Waals surface area contributed by atoms with Gasteiger partial charge in [0, 0.05) is 36.8 Å². The lowest BCUT2D eigenvalue weighted by Crippen LogP contribution is -2.42. The smallest absolute Gasteiger partial charge is 0.295 e. The van der Waals surface area contributed by atoms with Crippen molar-refractivity contribution in [3.8, 4) is 5.75 Å². The predicted octanol–water partition coefficient (Wildman–Crippen LogP) is 3.88. The van der Waals surface area contributed by atoms with E-state index in [1.54, 1.807) is 53.4 Å². The fraction of sp³-hybridized carbons (Fsp3) is 0.385. The largest absolute Gasteiger partial charge is 0.507 e. The van der Waals surface area contributed by atoms with Gasteiger partial charge in [0.05, 0.1) is 30.9 Å². The Morgan fingerprint density at radius 1 is 1.06 bits per heavy atom. The average molecular weight is 485 g/mol. The molecule has 2 fully saturated rings. The molecule has 0 bridgehead atoms. The number of ether oxygens (including phenoxy) is 2. The maximum atomic E-state index is 13.2. The summed E-state index contributed by atoms with van der Waals surface area (Å²) in [7, 11) is 0. The van der Waals surface area contributed by atoms with Crippen LogP contribution in [0.2, 0.25) is 5.02 Å². The maximum absolute atomic E-state index is 13.2. The van der Waals surface area contributed by atoms with E-state index in [9.17, 15) is 14.7 Å². The number of nitrogens with zero attached hydrogens (tertiary/aromatic N) is 2. The van der Waals surface area contributed by atoms with Gasteiger partial charge < -0.3 is 19.5 Å². The van der Waals surface area contributed by atoms with Crippen LogP contribution in [0, 0.1) is 0 Å². The molecular weight excluding hydrogens is 456 g/mol. The van der Waals surface area contributed by atoms with Gasteiger partial charge in [-0.3, -0.25) is 14.5 Å². The lowest BCUT2D eigenvalue weighted by Gasteiger charge is -2.31. The summed E-state index contributed by atoms with van der Waals surface area (Å²) in [6.07, 6.45) is 0.0149. The van der Waals surface area contributed by atoms with Gasteiger partial charge in [-0.2, -0.15) is 0 Å². The summed E-state index contributed by atoms with van der Waals surface area (Å²) < 4.78 is 11.1. The molecular formula is C26H29ClN2O5. The highest BCUT2D eigenvalue weighted by Gasteiger charge is 2.46. The highest BCUT2D eigenvalue weighted by Crippen LogP contribution is 2.39. The Balaban J connectivity index is 1.69. The average Bonchev–Trinajstić information content (AvgIpc) is 3.08. The summed E-state index contributed by atoms with van der Waals surface area (Å²) in [5, 5.41) is 11.7. The van der Waals surface area contributed by atoms with E-state index in [0.717, 1.165) is 13.1 Å². The lowest BCUT2D eigenvalue weighted by molar-refractivity contribution is -0.140. The SMILES string of the molecule is CC(C)Oc1ccc(C(O)=C2C(=O)C(=O)N(CCN3CCOCC3)C2c2ccc(Cl)cc2)cc1. The fourth-order valence-corrected chi connectivity index (χ4v) is 4.42. The number of hydrogen-bond acceptors (Lipinski definition) is 6. The second-order valence-corrected chi connectivity index (χ2v) is 9.13. The molecule has 2 aromatic rings. The minimum Gasteiger partial charge on any atom is -0.507 e. The number of carbonyl (C=O) groups is 2. The maximum Gasteiger partial charge on any atom is 0.295 e. The Morgan fingerprint density at radius 2 is 1.71 bits per heavy atom. The summed E-state index contributed by atoms with van der Waals surface area (Å²) in [5.41, 5.74) is 1.24. The van der Waals surface area contributed by atoms with Crippen LogP contribution < -0.4 is 4.74 Å². The molecule has 2 aromatic carbocycles. The number of carbonyl (C=O) groups excluding carboxylic acids is 2. The Labute approximate surface area is 204 Å². The van der Waals surface area contributed by atoms with E-state index in [1.165, 1.54) is 0 Å². The number of ketones is 1. The molecule has 1 unspecified atom stereocenters. The zero-order chi connectivity index (χ0) is 24.2. The first kappa shape index (κ1) is 24.3. The molecule has 34 heavy (non-hydrogen) atoms. The molecule has 4 rings (SSSR count). The Morgan fingerprint density at radius 3 is 2.32 bits per heavy atom. The molecule has 0 aliphatic carbocycles. The van der Waals surface area contributed by atoms with E-state index < -0.39 is 17.7 Å². The van der Waals surface area contributed by atoms with E-state index in [2.05, 4.69) is 4.90 Å². The number of morpholine rings is 1. The van der Waals surface area contributed by atoms with Crippen LogP contribution in [-0.2, 0) is 14.3 Å². The van der Waals surface area contributed by atoms with Crippen molar-refractivity contribution < 1.29 is 24.2 Å². The van der Waals surface area contributed by atoms with Gasteiger partial charge in [-0.25, -0.2) is 0 Å². The van der Waals surface area contributed by atoms with Gasteiger partial charge in [0.25, 0.3) is 11.7 Å². The quantitative estimate of drug-likeness (QED) is 0.365. The molecule has 2 aliphatic rings. The number of hydrogen-bond donors (Lipinski definition) is 1. The summed E-state index contributed by atoms with van der Waals surface area (Å²) in [5.74, 6) is -0.855. The first-order valence-corrected chi connectivity index (χ1v) is 11.8. The van der Waals surface area contributed by atoms with E-state index >= 15 is 0 Å². The molecule has 0 spiro atoms. The standard InChI is InChI=1S/C26H29ClN2O5/c1-17(2)34-21-9-5-19(6-10-21)24(30)22-23(18-3-7-20(27)8-4-18)29(26(32)25(22)31)12-11-28-13-15-33-16-14-28/h3-10,17,23,30H,11-16H2,1-2H3. The summed E-state index contributed by atoms with van der Waals surface area (Å²) in [6, 6.07) is 13.2. The van der Waals surface area contributed by atoms with Crippen molar-refractivity contribution >= 4 is 29.1 Å². The minimum absolute atomic E-state index is 0.0149.